The van der Waals surface area contributed by atoms with Crippen LogP contribution < -0.4 is 10.6 Å². The smallest absolute Gasteiger partial charge is 0.246 e. The average Bonchev–Trinajstić information content (AvgIpc) is 3.27. The summed E-state index contributed by atoms with van der Waals surface area (Å²) in [7, 11) is -1.72. The molecule has 0 saturated heterocycles. The van der Waals surface area contributed by atoms with Crippen molar-refractivity contribution in [1.82, 2.24) is 15.5 Å². The van der Waals surface area contributed by atoms with E-state index in [-0.39, 0.29) is 18.3 Å². The van der Waals surface area contributed by atoms with Gasteiger partial charge in [-0.05, 0) is 37.5 Å². The number of aliphatic imine (C=N–C) groups is 1. The molecule has 2 aromatic carbocycles. The number of rotatable bonds is 9. The fraction of sp³-hybridized carbons (Fsp3) is 0.360. The minimum absolute atomic E-state index is 0.143. The fourth-order valence-electron chi connectivity index (χ4n) is 4.00. The van der Waals surface area contributed by atoms with Gasteiger partial charge in [-0.3, -0.25) is 15.1 Å². The third-order valence-electron chi connectivity index (χ3n) is 5.43. The molecule has 0 unspecified atom stereocenters. The Kier molecular flexibility index (Phi) is 8.05. The number of hydrogen-bond donors (Lipinski definition) is 2. The summed E-state index contributed by atoms with van der Waals surface area (Å²) in [4.78, 5) is 18.8. The maximum absolute atomic E-state index is 12.7. The van der Waals surface area contributed by atoms with Crippen molar-refractivity contribution < 1.29 is 13.2 Å². The summed E-state index contributed by atoms with van der Waals surface area (Å²) in [6.45, 7) is 8.01. The Balaban J connectivity index is 1.47. The SMILES string of the molecule is Cc1cc(C)c(S(=O)(=O)CNCC=CC(=O)N(C)Cc2ccc(C3=NCCN3)cc2)c(C)c1. The largest absolute Gasteiger partial charge is 0.368 e. The molecule has 3 rings (SSSR count). The minimum atomic E-state index is -3.46. The predicted molar refractivity (Wildman–Crippen MR) is 132 cm³/mol. The first-order valence-electron chi connectivity index (χ1n) is 11.0. The van der Waals surface area contributed by atoms with Crippen LogP contribution in [0.5, 0.6) is 0 Å². The van der Waals surface area contributed by atoms with E-state index in [0.717, 1.165) is 46.7 Å². The molecule has 176 valence electrons. The molecule has 0 atom stereocenters. The Morgan fingerprint density at radius 3 is 2.42 bits per heavy atom. The lowest BCUT2D eigenvalue weighted by atomic mass is 10.1. The molecule has 0 aromatic heterocycles. The number of carbonyl (C=O) groups excluding carboxylic acids is 1. The first-order chi connectivity index (χ1) is 15.7. The molecule has 0 bridgehead atoms. The van der Waals surface area contributed by atoms with Gasteiger partial charge < -0.3 is 10.2 Å². The molecular formula is C25H32N4O3S. The van der Waals surface area contributed by atoms with Crippen LogP contribution in [0.3, 0.4) is 0 Å². The lowest BCUT2D eigenvalue weighted by Gasteiger charge is -2.15. The molecule has 0 radical (unpaired) electrons. The average molecular weight is 469 g/mol. The summed E-state index contributed by atoms with van der Waals surface area (Å²) in [5.74, 6) is 0.588. The molecule has 1 aliphatic rings. The monoisotopic (exact) mass is 468 g/mol. The lowest BCUT2D eigenvalue weighted by Crippen LogP contribution is -2.26. The summed E-state index contributed by atoms with van der Waals surface area (Å²) < 4.78 is 25.5. The van der Waals surface area contributed by atoms with E-state index in [4.69, 9.17) is 0 Å². The molecule has 0 aliphatic carbocycles. The normalized spacial score (nSPS) is 13.8. The number of nitrogens with one attached hydrogen (secondary N) is 2. The predicted octanol–water partition coefficient (Wildman–Crippen LogP) is 2.50. The van der Waals surface area contributed by atoms with Crippen molar-refractivity contribution in [2.45, 2.75) is 32.2 Å². The highest BCUT2D eigenvalue weighted by atomic mass is 32.2. The topological polar surface area (TPSA) is 90.9 Å². The standard InChI is InChI=1S/C25H32N4O3S/c1-18-14-19(2)24(20(3)15-18)33(31,32)17-26-11-5-6-23(30)29(4)16-21-7-9-22(10-8-21)25-27-12-13-28-25/h5-10,14-15,26H,11-13,16-17H2,1-4H3,(H,27,28). The maximum Gasteiger partial charge on any atom is 0.246 e. The van der Waals surface area contributed by atoms with Gasteiger partial charge in [-0.15, -0.1) is 0 Å². The highest BCUT2D eigenvalue weighted by Crippen LogP contribution is 2.22. The summed E-state index contributed by atoms with van der Waals surface area (Å²) in [5.41, 5.74) is 4.61. The van der Waals surface area contributed by atoms with E-state index < -0.39 is 9.84 Å². The van der Waals surface area contributed by atoms with Crippen LogP contribution in [-0.4, -0.2) is 57.6 Å². The van der Waals surface area contributed by atoms with Gasteiger partial charge in [0, 0.05) is 38.3 Å². The molecule has 1 aliphatic heterocycles. The summed E-state index contributed by atoms with van der Waals surface area (Å²) in [6, 6.07) is 11.7. The Morgan fingerprint density at radius 2 is 1.82 bits per heavy atom. The molecular weight excluding hydrogens is 436 g/mol. The molecule has 0 saturated carbocycles. The van der Waals surface area contributed by atoms with Gasteiger partial charge in [-0.25, -0.2) is 8.42 Å². The molecule has 1 heterocycles. The van der Waals surface area contributed by atoms with Crippen molar-refractivity contribution in [1.29, 1.82) is 0 Å². The van der Waals surface area contributed by atoms with Crippen LogP contribution in [-0.2, 0) is 21.2 Å². The number of likely N-dealkylation sites (N-methyl/N-ethyl adjacent to an activating group) is 1. The van der Waals surface area contributed by atoms with Gasteiger partial charge in [0.05, 0.1) is 11.4 Å². The van der Waals surface area contributed by atoms with E-state index in [1.54, 1.807) is 18.0 Å². The van der Waals surface area contributed by atoms with Crippen molar-refractivity contribution in [3.05, 3.63) is 76.4 Å². The summed E-state index contributed by atoms with van der Waals surface area (Å²) in [6.07, 6.45) is 3.11. The van der Waals surface area contributed by atoms with Crippen LogP contribution >= 0.6 is 0 Å². The Labute approximate surface area is 196 Å². The number of amidine groups is 1. The van der Waals surface area contributed by atoms with Crippen molar-refractivity contribution in [2.24, 2.45) is 4.99 Å². The van der Waals surface area contributed by atoms with Crippen molar-refractivity contribution in [2.75, 3.05) is 32.6 Å². The number of sulfone groups is 1. The van der Waals surface area contributed by atoms with Crippen molar-refractivity contribution in [3.8, 4) is 0 Å². The van der Waals surface area contributed by atoms with E-state index >= 15 is 0 Å². The fourth-order valence-corrected chi connectivity index (χ4v) is 5.63. The number of amides is 1. The number of aryl methyl sites for hydroxylation is 3. The van der Waals surface area contributed by atoms with E-state index in [2.05, 4.69) is 15.6 Å². The molecule has 0 fully saturated rings. The molecule has 2 aromatic rings. The zero-order chi connectivity index (χ0) is 24.0. The number of benzene rings is 2. The third-order valence-corrected chi connectivity index (χ3v) is 7.28. The van der Waals surface area contributed by atoms with Gasteiger partial charge in [0.1, 0.15) is 11.7 Å². The van der Waals surface area contributed by atoms with Gasteiger partial charge >= 0.3 is 0 Å². The molecule has 7 nitrogen and oxygen atoms in total. The number of nitrogens with zero attached hydrogens (tertiary/aromatic N) is 2. The molecule has 33 heavy (non-hydrogen) atoms. The van der Waals surface area contributed by atoms with Crippen molar-refractivity contribution in [3.63, 3.8) is 0 Å². The van der Waals surface area contributed by atoms with Crippen LogP contribution in [0.15, 0.2) is 58.4 Å². The van der Waals surface area contributed by atoms with Crippen LogP contribution in [0.2, 0.25) is 0 Å². The summed E-state index contributed by atoms with van der Waals surface area (Å²) in [5, 5.41) is 6.15. The highest BCUT2D eigenvalue weighted by molar-refractivity contribution is 7.91. The van der Waals surface area contributed by atoms with E-state index in [0.29, 0.717) is 11.4 Å². The van der Waals surface area contributed by atoms with Crippen molar-refractivity contribution >= 4 is 21.6 Å². The second-order valence-corrected chi connectivity index (χ2v) is 10.3. The van der Waals surface area contributed by atoms with Crippen LogP contribution in [0.1, 0.15) is 27.8 Å². The van der Waals surface area contributed by atoms with Gasteiger partial charge in [-0.1, -0.05) is 48.0 Å². The van der Waals surface area contributed by atoms with Gasteiger partial charge in [-0.2, -0.15) is 0 Å². The second kappa shape index (κ2) is 10.8. The minimum Gasteiger partial charge on any atom is -0.368 e. The Bertz CT molecular complexity index is 1150. The molecule has 1 amide bonds. The number of carbonyl (C=O) groups is 1. The lowest BCUT2D eigenvalue weighted by molar-refractivity contribution is -0.125. The molecule has 0 spiro atoms. The first kappa shape index (κ1) is 24.7. The van der Waals surface area contributed by atoms with Crippen LogP contribution in [0, 0.1) is 20.8 Å². The first-order valence-corrected chi connectivity index (χ1v) is 12.6. The zero-order valence-corrected chi connectivity index (χ0v) is 20.5. The van der Waals surface area contributed by atoms with E-state index in [1.807, 2.05) is 57.2 Å². The zero-order valence-electron chi connectivity index (χ0n) is 19.7. The maximum atomic E-state index is 12.7. The summed E-state index contributed by atoms with van der Waals surface area (Å²) >= 11 is 0. The quantitative estimate of drug-likeness (QED) is 0.436. The Morgan fingerprint density at radius 1 is 1.15 bits per heavy atom. The third kappa shape index (κ3) is 6.52. The Hall–Kier alpha value is -2.97. The van der Waals surface area contributed by atoms with Gasteiger partial charge in [0.2, 0.25) is 5.91 Å². The van der Waals surface area contributed by atoms with E-state index in [9.17, 15) is 13.2 Å². The highest BCUT2D eigenvalue weighted by Gasteiger charge is 2.19. The van der Waals surface area contributed by atoms with Crippen LogP contribution in [0.25, 0.3) is 0 Å². The number of hydrogen-bond acceptors (Lipinski definition) is 6. The van der Waals surface area contributed by atoms with Crippen LogP contribution in [0.4, 0.5) is 0 Å². The molecule has 2 N–H and O–H groups in total. The molecule has 8 heteroatoms. The second-order valence-electron chi connectivity index (χ2n) is 8.39. The van der Waals surface area contributed by atoms with E-state index in [1.165, 1.54) is 6.08 Å². The van der Waals surface area contributed by atoms with Gasteiger partial charge in [0.25, 0.3) is 0 Å². The van der Waals surface area contributed by atoms with Gasteiger partial charge in [0.15, 0.2) is 9.84 Å².